The summed E-state index contributed by atoms with van der Waals surface area (Å²) in [6, 6.07) is 0. The summed E-state index contributed by atoms with van der Waals surface area (Å²) in [6.45, 7) is 6.42. The van der Waals surface area contributed by atoms with Crippen molar-refractivity contribution in [1.29, 1.82) is 0 Å². The molecule has 0 saturated carbocycles. The van der Waals surface area contributed by atoms with Crippen molar-refractivity contribution in [2.45, 2.75) is 0 Å². The molecule has 0 aromatic rings. The molecule has 0 saturated heterocycles. The van der Waals surface area contributed by atoms with Gasteiger partial charge in [0.05, 0.1) is 6.61 Å². The van der Waals surface area contributed by atoms with Gasteiger partial charge in [-0.15, -0.1) is 0 Å². The Hall–Kier alpha value is -0.410. The summed E-state index contributed by atoms with van der Waals surface area (Å²) >= 11 is 2.84. The molecule has 0 rings (SSSR count). The summed E-state index contributed by atoms with van der Waals surface area (Å²) in [4.78, 5) is 0. The van der Waals surface area contributed by atoms with Gasteiger partial charge in [0.2, 0.25) is 0 Å². The van der Waals surface area contributed by atoms with Gasteiger partial charge in [-0.3, -0.25) is 0 Å². The minimum Gasteiger partial charge on any atom is -0.392 e. The fraction of sp³-hybridized carbons (Fsp3) is 0.143. The van der Waals surface area contributed by atoms with Crippen LogP contribution in [0.25, 0.3) is 0 Å². The van der Waals surface area contributed by atoms with Crippen molar-refractivity contribution in [2.75, 3.05) is 6.61 Å². The number of halogens is 2. The van der Waals surface area contributed by atoms with Crippen molar-refractivity contribution in [3.63, 3.8) is 0 Å². The predicted molar refractivity (Wildman–Crippen MR) is 43.5 cm³/mol. The molecule has 0 spiro atoms. The van der Waals surface area contributed by atoms with E-state index < -0.39 is 5.83 Å². The third-order valence-corrected chi connectivity index (χ3v) is 1.17. The van der Waals surface area contributed by atoms with Gasteiger partial charge >= 0.3 is 0 Å². The molecule has 0 aromatic heterocycles. The van der Waals surface area contributed by atoms with Crippen LogP contribution in [0.5, 0.6) is 0 Å². The van der Waals surface area contributed by atoms with E-state index >= 15 is 0 Å². The van der Waals surface area contributed by atoms with E-state index in [1.165, 1.54) is 0 Å². The normalized spacial score (nSPS) is 11.3. The van der Waals surface area contributed by atoms with Crippen LogP contribution in [-0.4, -0.2) is 11.7 Å². The molecule has 0 radical (unpaired) electrons. The highest BCUT2D eigenvalue weighted by molar-refractivity contribution is 9.11. The molecule has 1 nitrogen and oxygen atoms in total. The zero-order chi connectivity index (χ0) is 8.15. The lowest BCUT2D eigenvalue weighted by atomic mass is 10.3. The molecule has 0 aromatic carbocycles. The number of rotatable bonds is 3. The second kappa shape index (κ2) is 4.41. The second-order valence-electron chi connectivity index (χ2n) is 1.71. The molecule has 0 bridgehead atoms. The zero-order valence-electron chi connectivity index (χ0n) is 5.40. The van der Waals surface area contributed by atoms with Crippen LogP contribution in [0, 0.1) is 0 Å². The van der Waals surface area contributed by atoms with Gasteiger partial charge in [0.15, 0.2) is 0 Å². The maximum Gasteiger partial charge on any atom is 0.137 e. The fourth-order valence-corrected chi connectivity index (χ4v) is 0.418. The first-order chi connectivity index (χ1) is 4.57. The first-order valence-electron chi connectivity index (χ1n) is 2.58. The Morgan fingerprint density at radius 1 is 1.60 bits per heavy atom. The fourth-order valence-electron chi connectivity index (χ4n) is 0.303. The minimum atomic E-state index is -0.515. The lowest BCUT2D eigenvalue weighted by molar-refractivity contribution is 0.335. The summed E-state index contributed by atoms with van der Waals surface area (Å²) in [7, 11) is 0. The monoisotopic (exact) mass is 206 g/mol. The lowest BCUT2D eigenvalue weighted by Gasteiger charge is -1.93. The van der Waals surface area contributed by atoms with Crippen LogP contribution >= 0.6 is 15.9 Å². The lowest BCUT2D eigenvalue weighted by Crippen LogP contribution is -1.83. The van der Waals surface area contributed by atoms with Crippen LogP contribution in [0.3, 0.4) is 0 Å². The van der Waals surface area contributed by atoms with Crippen molar-refractivity contribution in [1.82, 2.24) is 0 Å². The van der Waals surface area contributed by atoms with Gasteiger partial charge in [0.25, 0.3) is 0 Å². The molecular formula is C7H8BrFO. The Kier molecular flexibility index (Phi) is 4.23. The standard InChI is InChI=1S/C7H8BrFO/c1-5(4-10)3-7(9)6(2)8/h3,10H,1-2,4H2. The number of aliphatic hydroxyl groups excluding tert-OH is 1. The topological polar surface area (TPSA) is 20.2 Å². The SMILES string of the molecule is C=C(C=C(F)C(=C)Br)CO. The smallest absolute Gasteiger partial charge is 0.137 e. The maximum atomic E-state index is 12.5. The molecule has 0 aliphatic heterocycles. The molecule has 3 heteroatoms. The third-order valence-electron chi connectivity index (χ3n) is 0.793. The van der Waals surface area contributed by atoms with Crippen LogP contribution < -0.4 is 0 Å². The molecule has 0 aliphatic rings. The van der Waals surface area contributed by atoms with E-state index in [9.17, 15) is 4.39 Å². The average Bonchev–Trinajstić information content (AvgIpc) is 1.87. The molecule has 1 N–H and O–H groups in total. The van der Waals surface area contributed by atoms with E-state index in [1.807, 2.05) is 0 Å². The molecule has 0 unspecified atom stereocenters. The van der Waals surface area contributed by atoms with E-state index in [0.29, 0.717) is 5.57 Å². The Labute approximate surface area is 67.7 Å². The van der Waals surface area contributed by atoms with Crippen molar-refractivity contribution in [3.8, 4) is 0 Å². The van der Waals surface area contributed by atoms with Crippen molar-refractivity contribution in [2.24, 2.45) is 0 Å². The van der Waals surface area contributed by atoms with Crippen molar-refractivity contribution in [3.05, 3.63) is 35.1 Å². The minimum absolute atomic E-state index is 0.155. The second-order valence-corrected chi connectivity index (χ2v) is 2.67. The quantitative estimate of drug-likeness (QED) is 0.704. The Balaban J connectivity index is 4.16. The zero-order valence-corrected chi connectivity index (χ0v) is 6.99. The van der Waals surface area contributed by atoms with Gasteiger partial charge < -0.3 is 5.11 Å². The van der Waals surface area contributed by atoms with E-state index in [1.54, 1.807) is 0 Å². The van der Waals surface area contributed by atoms with Gasteiger partial charge in [0, 0.05) is 4.48 Å². The van der Waals surface area contributed by atoms with Crippen LogP contribution in [0.15, 0.2) is 35.1 Å². The highest BCUT2D eigenvalue weighted by Crippen LogP contribution is 2.16. The molecule has 10 heavy (non-hydrogen) atoms. The summed E-state index contributed by atoms with van der Waals surface area (Å²) < 4.78 is 12.7. The highest BCUT2D eigenvalue weighted by Gasteiger charge is 1.96. The Bertz CT molecular complexity index is 184. The molecule has 0 amide bonds. The van der Waals surface area contributed by atoms with Gasteiger partial charge in [0.1, 0.15) is 5.83 Å². The molecule has 0 aliphatic carbocycles. The Morgan fingerprint density at radius 3 is 2.40 bits per heavy atom. The summed E-state index contributed by atoms with van der Waals surface area (Å²) in [5.41, 5.74) is 0.318. The van der Waals surface area contributed by atoms with E-state index in [2.05, 4.69) is 29.1 Å². The average molecular weight is 207 g/mol. The summed E-state index contributed by atoms with van der Waals surface area (Å²) in [6.07, 6.45) is 1.12. The van der Waals surface area contributed by atoms with E-state index in [0.717, 1.165) is 6.08 Å². The van der Waals surface area contributed by atoms with Gasteiger partial charge in [-0.05, 0) is 27.6 Å². The summed E-state index contributed by atoms with van der Waals surface area (Å²) in [5, 5.41) is 8.41. The van der Waals surface area contributed by atoms with Crippen LogP contribution in [0.4, 0.5) is 4.39 Å². The first kappa shape index (κ1) is 9.59. The van der Waals surface area contributed by atoms with Crippen LogP contribution in [0.1, 0.15) is 0 Å². The first-order valence-corrected chi connectivity index (χ1v) is 3.38. The van der Waals surface area contributed by atoms with Crippen LogP contribution in [0.2, 0.25) is 0 Å². The third kappa shape index (κ3) is 3.58. The number of hydrogen-bond acceptors (Lipinski definition) is 1. The summed E-state index contributed by atoms with van der Waals surface area (Å²) in [5.74, 6) is -0.515. The van der Waals surface area contributed by atoms with Crippen molar-refractivity contribution >= 4 is 15.9 Å². The predicted octanol–water partition coefficient (Wildman–Crippen LogP) is 2.30. The molecule has 0 heterocycles. The van der Waals surface area contributed by atoms with Gasteiger partial charge in [-0.1, -0.05) is 13.2 Å². The van der Waals surface area contributed by atoms with E-state index in [-0.39, 0.29) is 11.1 Å². The van der Waals surface area contributed by atoms with Gasteiger partial charge in [-0.2, -0.15) is 0 Å². The Morgan fingerprint density at radius 2 is 2.10 bits per heavy atom. The maximum absolute atomic E-state index is 12.5. The number of hydrogen-bond donors (Lipinski definition) is 1. The molecule has 0 fully saturated rings. The molecule has 0 atom stereocenters. The van der Waals surface area contributed by atoms with Crippen LogP contribution in [-0.2, 0) is 0 Å². The molecular weight excluding hydrogens is 199 g/mol. The highest BCUT2D eigenvalue weighted by atomic mass is 79.9. The van der Waals surface area contributed by atoms with E-state index in [4.69, 9.17) is 5.11 Å². The number of allylic oxidation sites excluding steroid dienone is 2. The largest absolute Gasteiger partial charge is 0.392 e. The number of aliphatic hydroxyl groups is 1. The van der Waals surface area contributed by atoms with Gasteiger partial charge in [-0.25, -0.2) is 4.39 Å². The molecule has 56 valence electrons. The van der Waals surface area contributed by atoms with Crippen molar-refractivity contribution < 1.29 is 9.50 Å².